The van der Waals surface area contributed by atoms with Crippen LogP contribution in [-0.2, 0) is 19.0 Å². The number of rotatable bonds is 3. The normalized spacial score (nSPS) is 7.64. The van der Waals surface area contributed by atoms with E-state index in [1.54, 1.807) is 6.20 Å². The van der Waals surface area contributed by atoms with Gasteiger partial charge in [0.1, 0.15) is 0 Å². The largest absolute Gasteiger partial charge is 0.696 e. The molecular weight excluding hydrogens is 192 g/mol. The molecule has 0 N–H and O–H groups in total. The van der Waals surface area contributed by atoms with Gasteiger partial charge in [-0.1, -0.05) is 11.5 Å². The molecule has 1 aromatic heterocycles. The molecule has 0 aromatic carbocycles. The number of aromatic nitrogens is 1. The van der Waals surface area contributed by atoms with Crippen LogP contribution in [-0.4, -0.2) is 0 Å². The molecule has 0 saturated heterocycles. The highest BCUT2D eigenvalue weighted by Crippen LogP contribution is 1.95. The highest BCUT2D eigenvalue weighted by atomic mass is 32.1. The van der Waals surface area contributed by atoms with Gasteiger partial charge in [-0.3, -0.25) is 0 Å². The number of hydrogen-bond donors (Lipinski definition) is 0. The van der Waals surface area contributed by atoms with Crippen molar-refractivity contribution in [2.45, 2.75) is 6.42 Å². The van der Waals surface area contributed by atoms with Gasteiger partial charge in [-0.25, -0.2) is 5.26 Å². The van der Waals surface area contributed by atoms with E-state index in [1.807, 2.05) is 29.1 Å². The predicted octanol–water partition coefficient (Wildman–Crippen LogP) is 1.82. The first-order valence-corrected chi connectivity index (χ1v) is 4.43. The van der Waals surface area contributed by atoms with Gasteiger partial charge in [0, 0.05) is 11.6 Å². The Bertz CT molecular complexity index is 339. The molecule has 3 heteroatoms. The second kappa shape index (κ2) is 7.96. The summed E-state index contributed by atoms with van der Waals surface area (Å²) in [6, 6.07) is 4.07. The fraction of sp³-hybridized carbons (Fsp3) is 0.0909. The Morgan fingerprint density at radius 2 is 2.21 bits per heavy atom. The molecule has 0 bridgehead atoms. The van der Waals surface area contributed by atoms with Gasteiger partial charge >= 0.3 is 0 Å². The zero-order valence-electron chi connectivity index (χ0n) is 7.89. The maximum Gasteiger partial charge on any atom is 0.177 e. The van der Waals surface area contributed by atoms with E-state index < -0.39 is 0 Å². The summed E-state index contributed by atoms with van der Waals surface area (Å²) in [6.45, 7) is 7.35. The van der Waals surface area contributed by atoms with E-state index in [2.05, 4.69) is 31.9 Å². The van der Waals surface area contributed by atoms with Crippen LogP contribution in [0.15, 0.2) is 43.8 Å². The summed E-state index contributed by atoms with van der Waals surface area (Å²) >= 11 is 3.70. The van der Waals surface area contributed by atoms with E-state index in [-0.39, 0.29) is 0 Å². The maximum atomic E-state index is 7.13. The summed E-state index contributed by atoms with van der Waals surface area (Å²) in [5.41, 5.74) is 1.25. The lowest BCUT2D eigenvalue weighted by Gasteiger charge is -1.91. The first-order valence-electron chi connectivity index (χ1n) is 4.02. The first-order chi connectivity index (χ1) is 6.78. The molecule has 72 valence electrons. The standard InChI is InChI=1S/C10H12N.CHNS/c1-3-6-10-7-5-8-11(4-2)9-10;2-1-3/h3-5,7-9H,1-2,6H2;3H/q+1;/p-1. The minimum absolute atomic E-state index is 0.911. The Hall–Kier alpha value is -1.66. The van der Waals surface area contributed by atoms with E-state index in [0.29, 0.717) is 0 Å². The van der Waals surface area contributed by atoms with Gasteiger partial charge in [0.25, 0.3) is 0 Å². The van der Waals surface area contributed by atoms with E-state index in [4.69, 9.17) is 5.26 Å². The van der Waals surface area contributed by atoms with Crippen LogP contribution < -0.4 is 4.57 Å². The summed E-state index contributed by atoms with van der Waals surface area (Å²) in [5.74, 6) is 0. The molecule has 0 aliphatic rings. The van der Waals surface area contributed by atoms with Crippen molar-refractivity contribution >= 4 is 18.8 Å². The van der Waals surface area contributed by atoms with Crippen LogP contribution >= 0.6 is 0 Å². The van der Waals surface area contributed by atoms with E-state index in [1.165, 1.54) is 11.0 Å². The molecular formula is C11H12N2S. The van der Waals surface area contributed by atoms with Crippen LogP contribution in [0.4, 0.5) is 0 Å². The lowest BCUT2D eigenvalue weighted by atomic mass is 10.2. The Kier molecular flexibility index (Phi) is 7.02. The molecule has 1 aromatic rings. The Labute approximate surface area is 90.2 Å². The average Bonchev–Trinajstić information content (AvgIpc) is 2.20. The van der Waals surface area contributed by atoms with Crippen LogP contribution in [0, 0.1) is 10.7 Å². The highest BCUT2D eigenvalue weighted by Gasteiger charge is 1.95. The van der Waals surface area contributed by atoms with Crippen molar-refractivity contribution in [1.29, 1.82) is 5.26 Å². The molecule has 0 saturated carbocycles. The summed E-state index contributed by atoms with van der Waals surface area (Å²) in [7, 11) is 0. The van der Waals surface area contributed by atoms with Crippen LogP contribution in [0.3, 0.4) is 0 Å². The molecule has 0 radical (unpaired) electrons. The second-order valence-electron chi connectivity index (χ2n) is 2.43. The maximum absolute atomic E-state index is 7.13. The minimum atomic E-state index is 0.911. The van der Waals surface area contributed by atoms with Crippen molar-refractivity contribution in [2.24, 2.45) is 0 Å². The van der Waals surface area contributed by atoms with Gasteiger partial charge in [0.15, 0.2) is 18.6 Å². The molecule has 0 unspecified atom stereocenters. The topological polar surface area (TPSA) is 27.7 Å². The molecule has 0 amide bonds. The van der Waals surface area contributed by atoms with Crippen molar-refractivity contribution in [3.63, 3.8) is 0 Å². The Balaban J connectivity index is 0.000000500. The molecule has 1 rings (SSSR count). The van der Waals surface area contributed by atoms with Crippen LogP contribution in [0.2, 0.25) is 0 Å². The van der Waals surface area contributed by atoms with Gasteiger partial charge in [0.2, 0.25) is 0 Å². The first kappa shape index (κ1) is 12.3. The molecule has 0 aliphatic carbocycles. The highest BCUT2D eigenvalue weighted by molar-refractivity contribution is 7.64. The third-order valence-corrected chi connectivity index (χ3v) is 1.47. The van der Waals surface area contributed by atoms with Gasteiger partial charge in [-0.15, -0.1) is 6.58 Å². The number of nitrogens with zero attached hydrogens (tertiary/aromatic N) is 2. The monoisotopic (exact) mass is 204 g/mol. The van der Waals surface area contributed by atoms with Crippen LogP contribution in [0.5, 0.6) is 0 Å². The zero-order chi connectivity index (χ0) is 10.8. The summed E-state index contributed by atoms with van der Waals surface area (Å²) in [5, 5.41) is 8.47. The minimum Gasteiger partial charge on any atom is -0.696 e. The van der Waals surface area contributed by atoms with Crippen LogP contribution in [0.25, 0.3) is 6.20 Å². The lowest BCUT2D eigenvalue weighted by Crippen LogP contribution is -2.24. The van der Waals surface area contributed by atoms with Gasteiger partial charge < -0.3 is 12.6 Å². The molecule has 0 fully saturated rings. The molecule has 0 aliphatic heterocycles. The third-order valence-electron chi connectivity index (χ3n) is 1.47. The zero-order valence-corrected chi connectivity index (χ0v) is 8.70. The van der Waals surface area contributed by atoms with Gasteiger partial charge in [-0.05, 0) is 19.1 Å². The Morgan fingerprint density at radius 3 is 2.71 bits per heavy atom. The fourth-order valence-electron chi connectivity index (χ4n) is 0.945. The summed E-state index contributed by atoms with van der Waals surface area (Å²) in [4.78, 5) is 0. The molecule has 14 heavy (non-hydrogen) atoms. The number of hydrogen-bond acceptors (Lipinski definition) is 2. The molecule has 0 atom stereocenters. The van der Waals surface area contributed by atoms with Gasteiger partial charge in [-0.2, -0.15) is 4.57 Å². The summed E-state index contributed by atoms with van der Waals surface area (Å²) in [6.07, 6.45) is 8.57. The SMILES string of the molecule is C=CCc1ccc[n+](C=C)c1.N#C[S-]. The summed E-state index contributed by atoms with van der Waals surface area (Å²) < 4.78 is 1.93. The number of allylic oxidation sites excluding steroid dienone is 1. The van der Waals surface area contributed by atoms with Crippen molar-refractivity contribution in [1.82, 2.24) is 0 Å². The van der Waals surface area contributed by atoms with Gasteiger partial charge in [0.05, 0.1) is 0 Å². The number of thiocyanates is 1. The average molecular weight is 204 g/mol. The third kappa shape index (κ3) is 5.07. The Morgan fingerprint density at radius 1 is 1.57 bits per heavy atom. The van der Waals surface area contributed by atoms with Crippen molar-refractivity contribution in [3.8, 4) is 5.40 Å². The molecule has 2 nitrogen and oxygen atoms in total. The predicted molar refractivity (Wildman–Crippen MR) is 59.9 cm³/mol. The quantitative estimate of drug-likeness (QED) is 0.325. The number of nitriles is 1. The van der Waals surface area contributed by atoms with E-state index >= 15 is 0 Å². The lowest BCUT2D eigenvalue weighted by molar-refractivity contribution is -0.568. The van der Waals surface area contributed by atoms with E-state index in [9.17, 15) is 0 Å². The fourth-order valence-corrected chi connectivity index (χ4v) is 0.945. The van der Waals surface area contributed by atoms with Crippen molar-refractivity contribution in [3.05, 3.63) is 49.3 Å². The van der Waals surface area contributed by atoms with Crippen molar-refractivity contribution in [2.75, 3.05) is 0 Å². The molecule has 0 spiro atoms. The van der Waals surface area contributed by atoms with E-state index in [0.717, 1.165) is 6.42 Å². The molecule has 1 heterocycles. The van der Waals surface area contributed by atoms with Crippen LogP contribution in [0.1, 0.15) is 5.56 Å². The number of pyridine rings is 1. The van der Waals surface area contributed by atoms with Crippen molar-refractivity contribution < 1.29 is 4.57 Å². The smallest absolute Gasteiger partial charge is 0.177 e. The second-order valence-corrected chi connectivity index (χ2v) is 2.61.